The predicted molar refractivity (Wildman–Crippen MR) is 115 cm³/mol. The Hall–Kier alpha value is -4.26. The average molecular weight is 398 g/mol. The number of phenols is 1. The van der Waals surface area contributed by atoms with Crippen molar-refractivity contribution in [2.24, 2.45) is 5.10 Å². The van der Waals surface area contributed by atoms with Gasteiger partial charge in [0.05, 0.1) is 30.1 Å². The summed E-state index contributed by atoms with van der Waals surface area (Å²) in [7, 11) is 1.47. The Morgan fingerprint density at radius 2 is 2.00 bits per heavy atom. The van der Waals surface area contributed by atoms with E-state index in [1.54, 1.807) is 30.6 Å². The maximum atomic E-state index is 12.9. The first-order chi connectivity index (χ1) is 14.7. The molecule has 0 saturated carbocycles. The van der Waals surface area contributed by atoms with Gasteiger partial charge in [0.25, 0.3) is 5.91 Å². The van der Waals surface area contributed by atoms with Crippen LogP contribution in [0.3, 0.4) is 0 Å². The molecule has 0 aliphatic heterocycles. The second-order valence-electron chi connectivity index (χ2n) is 6.44. The molecule has 1 amide bonds. The Labute approximate surface area is 172 Å². The number of hydrogen-bond donors (Lipinski definition) is 2. The zero-order valence-electron chi connectivity index (χ0n) is 16.1. The Morgan fingerprint density at radius 1 is 1.13 bits per heavy atom. The van der Waals surface area contributed by atoms with Gasteiger partial charge in [-0.3, -0.25) is 9.78 Å². The first-order valence-corrected chi connectivity index (χ1v) is 9.16. The van der Waals surface area contributed by atoms with Gasteiger partial charge in [-0.2, -0.15) is 5.10 Å². The van der Waals surface area contributed by atoms with Gasteiger partial charge < -0.3 is 9.84 Å². The highest BCUT2D eigenvalue weighted by atomic mass is 16.5. The van der Waals surface area contributed by atoms with E-state index in [0.29, 0.717) is 28.1 Å². The van der Waals surface area contributed by atoms with Gasteiger partial charge in [-0.1, -0.05) is 18.2 Å². The quantitative estimate of drug-likeness (QED) is 0.394. The number of fused-ring (bicyclic) bond motifs is 1. The number of pyridine rings is 2. The number of rotatable bonds is 5. The molecule has 4 aromatic rings. The summed E-state index contributed by atoms with van der Waals surface area (Å²) >= 11 is 0. The van der Waals surface area contributed by atoms with Gasteiger partial charge >= 0.3 is 0 Å². The molecule has 2 N–H and O–H groups in total. The molecule has 0 radical (unpaired) electrons. The number of hydrogen-bond acceptors (Lipinski definition) is 6. The van der Waals surface area contributed by atoms with Crippen LogP contribution in [0.5, 0.6) is 11.5 Å². The molecular weight excluding hydrogens is 380 g/mol. The second-order valence-corrected chi connectivity index (χ2v) is 6.44. The van der Waals surface area contributed by atoms with Gasteiger partial charge in [-0.05, 0) is 48.0 Å². The summed E-state index contributed by atoms with van der Waals surface area (Å²) in [6.45, 7) is 0. The monoisotopic (exact) mass is 398 g/mol. The van der Waals surface area contributed by atoms with E-state index in [4.69, 9.17) is 4.74 Å². The van der Waals surface area contributed by atoms with E-state index in [1.165, 1.54) is 19.4 Å². The molecule has 0 unspecified atom stereocenters. The number of ether oxygens (including phenoxy) is 1. The molecule has 0 bridgehead atoms. The van der Waals surface area contributed by atoms with Crippen LogP contribution in [0.1, 0.15) is 15.9 Å². The van der Waals surface area contributed by atoms with E-state index in [2.05, 4.69) is 20.5 Å². The fraction of sp³-hybridized carbons (Fsp3) is 0.0435. The molecule has 30 heavy (non-hydrogen) atoms. The molecule has 2 aromatic carbocycles. The molecule has 2 aromatic heterocycles. The first-order valence-electron chi connectivity index (χ1n) is 9.16. The van der Waals surface area contributed by atoms with E-state index in [1.807, 2.05) is 36.4 Å². The zero-order valence-corrected chi connectivity index (χ0v) is 16.1. The molecule has 7 heteroatoms. The van der Waals surface area contributed by atoms with Crippen LogP contribution in [0.2, 0.25) is 0 Å². The smallest absolute Gasteiger partial charge is 0.272 e. The molecule has 0 spiro atoms. The van der Waals surface area contributed by atoms with Crippen LogP contribution in [0.4, 0.5) is 0 Å². The largest absolute Gasteiger partial charge is 0.504 e. The third-order valence-corrected chi connectivity index (χ3v) is 4.50. The highest BCUT2D eigenvalue weighted by Gasteiger charge is 2.13. The van der Waals surface area contributed by atoms with Gasteiger partial charge in [0.2, 0.25) is 0 Å². The normalized spacial score (nSPS) is 11.0. The lowest BCUT2D eigenvalue weighted by molar-refractivity contribution is 0.0956. The molecule has 0 aliphatic rings. The Bertz CT molecular complexity index is 1240. The second kappa shape index (κ2) is 8.40. The molecule has 0 saturated heterocycles. The highest BCUT2D eigenvalue weighted by Crippen LogP contribution is 2.26. The molecule has 0 aliphatic carbocycles. The molecule has 2 heterocycles. The number of para-hydroxylation sites is 1. The molecule has 7 nitrogen and oxygen atoms in total. The summed E-state index contributed by atoms with van der Waals surface area (Å²) in [6.07, 6.45) is 4.83. The van der Waals surface area contributed by atoms with Crippen molar-refractivity contribution in [3.63, 3.8) is 0 Å². The van der Waals surface area contributed by atoms with Crippen LogP contribution >= 0.6 is 0 Å². The van der Waals surface area contributed by atoms with Crippen molar-refractivity contribution >= 4 is 23.0 Å². The standard InChI is InChI=1S/C23H18N4O3/c1-30-22-9-8-15(11-21(22)28)13-25-27-23(29)18-12-20(16-5-4-10-24-14-16)26-19-7-3-2-6-17(18)19/h2-14,28H,1H3,(H,27,29). The molecule has 0 fully saturated rings. The lowest BCUT2D eigenvalue weighted by Gasteiger charge is -2.09. The number of methoxy groups -OCH3 is 1. The summed E-state index contributed by atoms with van der Waals surface area (Å²) in [5, 5.41) is 14.6. The maximum Gasteiger partial charge on any atom is 0.272 e. The third kappa shape index (κ3) is 3.95. The van der Waals surface area contributed by atoms with E-state index in [-0.39, 0.29) is 11.7 Å². The van der Waals surface area contributed by atoms with Crippen LogP contribution in [0, 0.1) is 0 Å². The van der Waals surface area contributed by atoms with Crippen LogP contribution in [-0.2, 0) is 0 Å². The molecular formula is C23H18N4O3. The van der Waals surface area contributed by atoms with Gasteiger partial charge in [0, 0.05) is 23.3 Å². The summed E-state index contributed by atoms with van der Waals surface area (Å²) in [6, 6.07) is 17.7. The Morgan fingerprint density at radius 3 is 2.77 bits per heavy atom. The van der Waals surface area contributed by atoms with Gasteiger partial charge in [0.1, 0.15) is 0 Å². The Kier molecular flexibility index (Phi) is 5.34. The van der Waals surface area contributed by atoms with Crippen molar-refractivity contribution < 1.29 is 14.6 Å². The number of nitrogens with zero attached hydrogens (tertiary/aromatic N) is 3. The summed E-state index contributed by atoms with van der Waals surface area (Å²) in [5.41, 5.74) is 5.77. The number of phenolic OH excluding ortho intramolecular Hbond substituents is 1. The zero-order chi connectivity index (χ0) is 20.9. The SMILES string of the molecule is COc1ccc(C=NNC(=O)c2cc(-c3cccnc3)nc3ccccc23)cc1O. The predicted octanol–water partition coefficient (Wildman–Crippen LogP) is 3.77. The fourth-order valence-corrected chi connectivity index (χ4v) is 3.04. The number of benzene rings is 2. The minimum absolute atomic E-state index is 0.00554. The van der Waals surface area contributed by atoms with Crippen LogP contribution in [-0.4, -0.2) is 34.3 Å². The van der Waals surface area contributed by atoms with Gasteiger partial charge in [0.15, 0.2) is 11.5 Å². The summed E-state index contributed by atoms with van der Waals surface area (Å²) in [4.78, 5) is 21.6. The van der Waals surface area contributed by atoms with E-state index in [9.17, 15) is 9.90 Å². The van der Waals surface area contributed by atoms with Crippen molar-refractivity contribution in [3.05, 3.63) is 84.2 Å². The van der Waals surface area contributed by atoms with E-state index < -0.39 is 0 Å². The maximum absolute atomic E-state index is 12.9. The summed E-state index contributed by atoms with van der Waals surface area (Å²) in [5.74, 6) is -0.0101. The number of aromatic hydroxyl groups is 1. The van der Waals surface area contributed by atoms with Crippen molar-refractivity contribution in [1.29, 1.82) is 0 Å². The van der Waals surface area contributed by atoms with Crippen molar-refractivity contribution in [2.45, 2.75) is 0 Å². The lowest BCUT2D eigenvalue weighted by atomic mass is 10.0. The average Bonchev–Trinajstić information content (AvgIpc) is 2.79. The topological polar surface area (TPSA) is 96.7 Å². The molecule has 0 atom stereocenters. The third-order valence-electron chi connectivity index (χ3n) is 4.50. The number of amides is 1. The number of carbonyl (C=O) groups excluding carboxylic acids is 1. The number of aromatic nitrogens is 2. The lowest BCUT2D eigenvalue weighted by Crippen LogP contribution is -2.18. The van der Waals surface area contributed by atoms with E-state index in [0.717, 1.165) is 10.9 Å². The number of nitrogens with one attached hydrogen (secondary N) is 1. The Balaban J connectivity index is 1.63. The van der Waals surface area contributed by atoms with E-state index >= 15 is 0 Å². The highest BCUT2D eigenvalue weighted by molar-refractivity contribution is 6.07. The first kappa shape index (κ1) is 19.1. The fourth-order valence-electron chi connectivity index (χ4n) is 3.04. The van der Waals surface area contributed by atoms with Crippen molar-refractivity contribution in [2.75, 3.05) is 7.11 Å². The van der Waals surface area contributed by atoms with Crippen LogP contribution in [0.15, 0.2) is 78.2 Å². The number of carbonyl (C=O) groups is 1. The molecule has 148 valence electrons. The summed E-state index contributed by atoms with van der Waals surface area (Å²) < 4.78 is 5.01. The number of hydrazone groups is 1. The van der Waals surface area contributed by atoms with Crippen LogP contribution < -0.4 is 10.2 Å². The molecule has 4 rings (SSSR count). The van der Waals surface area contributed by atoms with Gasteiger partial charge in [-0.15, -0.1) is 0 Å². The van der Waals surface area contributed by atoms with Gasteiger partial charge in [-0.25, -0.2) is 10.4 Å². The van der Waals surface area contributed by atoms with Crippen molar-refractivity contribution in [1.82, 2.24) is 15.4 Å². The minimum Gasteiger partial charge on any atom is -0.504 e. The minimum atomic E-state index is -0.368. The van der Waals surface area contributed by atoms with Crippen LogP contribution in [0.25, 0.3) is 22.2 Å². The van der Waals surface area contributed by atoms with Crippen molar-refractivity contribution in [3.8, 4) is 22.8 Å².